The first-order valence-corrected chi connectivity index (χ1v) is 6.77. The molecule has 3 rings (SSSR count). The van der Waals surface area contributed by atoms with Crippen molar-refractivity contribution in [2.75, 3.05) is 7.05 Å². The van der Waals surface area contributed by atoms with Gasteiger partial charge in [0.15, 0.2) is 10.4 Å². The monoisotopic (exact) mass is 290 g/mol. The average molecular weight is 290 g/mol. The zero-order chi connectivity index (χ0) is 14.4. The number of carbonyl (C=O) groups excluding carboxylic acids is 2. The van der Waals surface area contributed by atoms with Gasteiger partial charge in [-0.3, -0.25) is 19.1 Å². The molecule has 0 bridgehead atoms. The smallest absolute Gasteiger partial charge is 0.252 e. The third-order valence-corrected chi connectivity index (χ3v) is 3.92. The van der Waals surface area contributed by atoms with E-state index in [0.29, 0.717) is 23.3 Å². The largest absolute Gasteiger partial charge is 0.329 e. The number of aromatic nitrogens is 3. The van der Waals surface area contributed by atoms with Crippen molar-refractivity contribution in [1.82, 2.24) is 19.4 Å². The summed E-state index contributed by atoms with van der Waals surface area (Å²) in [5.41, 5.74) is 2.48. The van der Waals surface area contributed by atoms with Crippen LogP contribution < -0.4 is 0 Å². The van der Waals surface area contributed by atoms with Crippen LogP contribution in [-0.2, 0) is 9.59 Å². The number of aryl methyl sites for hydroxylation is 1. The third-order valence-electron chi connectivity index (χ3n) is 3.63. The zero-order valence-electron chi connectivity index (χ0n) is 11.2. The van der Waals surface area contributed by atoms with E-state index in [9.17, 15) is 9.59 Å². The number of likely N-dealkylation sites (tertiary alicyclic amines) is 1. The molecule has 2 aromatic rings. The fourth-order valence-corrected chi connectivity index (χ4v) is 2.87. The van der Waals surface area contributed by atoms with Gasteiger partial charge in [0.25, 0.3) is 5.91 Å². The lowest BCUT2D eigenvalue weighted by Gasteiger charge is -2.28. The van der Waals surface area contributed by atoms with Gasteiger partial charge in [-0.2, -0.15) is 0 Å². The zero-order valence-corrected chi connectivity index (χ0v) is 12.0. The van der Waals surface area contributed by atoms with Crippen LogP contribution in [0.1, 0.15) is 24.4 Å². The highest BCUT2D eigenvalue weighted by Gasteiger charge is 2.34. The first-order chi connectivity index (χ1) is 9.49. The number of fused-ring (bicyclic) bond motifs is 1. The number of likely N-dealkylation sites (N-methyl/N-ethyl adjacent to an activating group) is 1. The van der Waals surface area contributed by atoms with Crippen LogP contribution >= 0.6 is 12.2 Å². The van der Waals surface area contributed by atoms with Gasteiger partial charge in [0.05, 0.1) is 5.52 Å². The molecule has 104 valence electrons. The molecule has 1 unspecified atom stereocenters. The van der Waals surface area contributed by atoms with Crippen LogP contribution in [0.15, 0.2) is 12.3 Å². The number of hydrogen-bond donors (Lipinski definition) is 1. The van der Waals surface area contributed by atoms with Gasteiger partial charge in [-0.05, 0) is 37.2 Å². The van der Waals surface area contributed by atoms with Crippen LogP contribution in [0.5, 0.6) is 0 Å². The molecule has 2 aromatic heterocycles. The Morgan fingerprint density at radius 1 is 1.45 bits per heavy atom. The summed E-state index contributed by atoms with van der Waals surface area (Å²) in [6.07, 6.45) is 2.54. The minimum Gasteiger partial charge on any atom is -0.329 e. The summed E-state index contributed by atoms with van der Waals surface area (Å²) in [6.45, 7) is 1.94. The Bertz CT molecular complexity index is 776. The molecule has 1 saturated heterocycles. The summed E-state index contributed by atoms with van der Waals surface area (Å²) in [5.74, 6) is -0.387. The molecule has 0 aromatic carbocycles. The number of nitrogens with zero attached hydrogens (tertiary/aromatic N) is 3. The Morgan fingerprint density at radius 3 is 2.95 bits per heavy atom. The van der Waals surface area contributed by atoms with Gasteiger partial charge in [-0.25, -0.2) is 4.98 Å². The van der Waals surface area contributed by atoms with Crippen LogP contribution in [0.2, 0.25) is 0 Å². The topological polar surface area (TPSA) is 71.0 Å². The molecule has 1 atom stereocenters. The molecule has 0 spiro atoms. The van der Waals surface area contributed by atoms with Gasteiger partial charge in [-0.1, -0.05) is 0 Å². The third kappa shape index (κ3) is 1.85. The van der Waals surface area contributed by atoms with Crippen molar-refractivity contribution < 1.29 is 9.59 Å². The van der Waals surface area contributed by atoms with Crippen molar-refractivity contribution in [3.8, 4) is 0 Å². The van der Waals surface area contributed by atoms with E-state index in [4.69, 9.17) is 12.2 Å². The molecule has 6 nitrogen and oxygen atoms in total. The first kappa shape index (κ1) is 13.0. The second-order valence-electron chi connectivity index (χ2n) is 5.03. The Labute approximate surface area is 120 Å². The molecule has 2 amide bonds. The van der Waals surface area contributed by atoms with E-state index in [1.165, 1.54) is 11.9 Å². The second-order valence-corrected chi connectivity index (χ2v) is 5.42. The van der Waals surface area contributed by atoms with E-state index in [2.05, 4.69) is 9.97 Å². The van der Waals surface area contributed by atoms with Gasteiger partial charge >= 0.3 is 0 Å². The molecule has 20 heavy (non-hydrogen) atoms. The molecule has 1 aliphatic heterocycles. The number of imidazole rings is 1. The van der Waals surface area contributed by atoms with Gasteiger partial charge in [0.1, 0.15) is 6.04 Å². The maximum absolute atomic E-state index is 12.3. The summed E-state index contributed by atoms with van der Waals surface area (Å²) in [4.78, 5) is 32.5. The molecule has 0 aliphatic carbocycles. The molecule has 1 N–H and O–H groups in total. The number of pyridine rings is 1. The SMILES string of the molecule is Cc1cnc2c(c1)[nH]c(=S)n2C1CCC(=O)N(C)C1=O. The summed E-state index contributed by atoms with van der Waals surface area (Å²) in [5, 5.41) is 0. The Morgan fingerprint density at radius 2 is 2.20 bits per heavy atom. The van der Waals surface area contributed by atoms with E-state index in [1.54, 1.807) is 10.8 Å². The highest BCUT2D eigenvalue weighted by atomic mass is 32.1. The number of imide groups is 1. The predicted molar refractivity (Wildman–Crippen MR) is 75.7 cm³/mol. The first-order valence-electron chi connectivity index (χ1n) is 6.36. The van der Waals surface area contributed by atoms with Crippen molar-refractivity contribution in [2.45, 2.75) is 25.8 Å². The number of amides is 2. The lowest BCUT2D eigenvalue weighted by atomic mass is 10.0. The summed E-state index contributed by atoms with van der Waals surface area (Å²) in [7, 11) is 1.51. The molecule has 1 aliphatic rings. The summed E-state index contributed by atoms with van der Waals surface area (Å²) >= 11 is 5.31. The molecule has 0 saturated carbocycles. The Kier molecular flexibility index (Phi) is 2.93. The van der Waals surface area contributed by atoms with Gasteiger partial charge < -0.3 is 4.98 Å². The number of H-pyrrole nitrogens is 1. The number of rotatable bonds is 1. The van der Waals surface area contributed by atoms with E-state index in [0.717, 1.165) is 11.1 Å². The fourth-order valence-electron chi connectivity index (χ4n) is 2.54. The van der Waals surface area contributed by atoms with Crippen molar-refractivity contribution in [3.63, 3.8) is 0 Å². The molecular weight excluding hydrogens is 276 g/mol. The van der Waals surface area contributed by atoms with Gasteiger partial charge in [-0.15, -0.1) is 0 Å². The van der Waals surface area contributed by atoms with Crippen LogP contribution in [0.4, 0.5) is 0 Å². The number of piperidine rings is 1. The second kappa shape index (κ2) is 4.52. The number of hydrogen-bond acceptors (Lipinski definition) is 4. The fraction of sp³-hybridized carbons (Fsp3) is 0.385. The molecule has 1 fully saturated rings. The lowest BCUT2D eigenvalue weighted by molar-refractivity contribution is -0.149. The molecule has 0 radical (unpaired) electrons. The quantitative estimate of drug-likeness (QED) is 0.641. The molecule has 3 heterocycles. The van der Waals surface area contributed by atoms with Crippen molar-refractivity contribution in [1.29, 1.82) is 0 Å². The predicted octanol–water partition coefficient (Wildman–Crippen LogP) is 1.72. The summed E-state index contributed by atoms with van der Waals surface area (Å²) < 4.78 is 2.18. The normalized spacial score (nSPS) is 19.9. The van der Waals surface area contributed by atoms with Gasteiger partial charge in [0.2, 0.25) is 5.91 Å². The van der Waals surface area contributed by atoms with E-state index in [-0.39, 0.29) is 11.8 Å². The van der Waals surface area contributed by atoms with E-state index in [1.807, 2.05) is 13.0 Å². The number of aromatic amines is 1. The summed E-state index contributed by atoms with van der Waals surface area (Å²) in [6, 6.07) is 1.48. The highest BCUT2D eigenvalue weighted by molar-refractivity contribution is 7.71. The minimum atomic E-state index is -0.464. The van der Waals surface area contributed by atoms with Crippen LogP contribution in [0, 0.1) is 11.7 Å². The van der Waals surface area contributed by atoms with Crippen molar-refractivity contribution >= 4 is 35.2 Å². The standard InChI is InChI=1S/C13H14N4O2S/c1-7-5-8-11(14-6-7)17(13(20)15-8)9-3-4-10(18)16(2)12(9)19/h5-6,9H,3-4H2,1-2H3,(H,15,20). The number of carbonyl (C=O) groups is 2. The Balaban J connectivity index is 2.15. The molecular formula is C13H14N4O2S. The lowest BCUT2D eigenvalue weighted by Crippen LogP contribution is -2.43. The van der Waals surface area contributed by atoms with Crippen LogP contribution in [-0.4, -0.2) is 38.3 Å². The average Bonchev–Trinajstić information content (AvgIpc) is 2.72. The van der Waals surface area contributed by atoms with Crippen molar-refractivity contribution in [2.24, 2.45) is 0 Å². The number of nitrogens with one attached hydrogen (secondary N) is 1. The minimum absolute atomic E-state index is 0.151. The highest BCUT2D eigenvalue weighted by Crippen LogP contribution is 2.27. The van der Waals surface area contributed by atoms with Crippen LogP contribution in [0.25, 0.3) is 11.2 Å². The maximum Gasteiger partial charge on any atom is 0.252 e. The van der Waals surface area contributed by atoms with Crippen molar-refractivity contribution in [3.05, 3.63) is 22.6 Å². The van der Waals surface area contributed by atoms with Crippen LogP contribution in [0.3, 0.4) is 0 Å². The van der Waals surface area contributed by atoms with E-state index < -0.39 is 6.04 Å². The Hall–Kier alpha value is -2.02. The van der Waals surface area contributed by atoms with Gasteiger partial charge in [0, 0.05) is 19.7 Å². The van der Waals surface area contributed by atoms with E-state index >= 15 is 0 Å². The molecule has 7 heteroatoms. The maximum atomic E-state index is 12.3.